The number of rotatable bonds is 5. The van der Waals surface area contributed by atoms with E-state index >= 15 is 0 Å². The molecular weight excluding hydrogens is 356 g/mol. The fourth-order valence-electron chi connectivity index (χ4n) is 2.67. The lowest BCUT2D eigenvalue weighted by molar-refractivity contribution is 0.0695. The van der Waals surface area contributed by atoms with Gasteiger partial charge in [0.05, 0.1) is 5.52 Å². The first-order valence-corrected chi connectivity index (χ1v) is 8.16. The molecule has 0 saturated heterocycles. The topological polar surface area (TPSA) is 99.3 Å². The molecule has 132 valence electrons. The van der Waals surface area contributed by atoms with Gasteiger partial charge in [-0.25, -0.2) is 4.79 Å². The summed E-state index contributed by atoms with van der Waals surface area (Å²) < 4.78 is 0. The number of aromatic nitrogens is 1. The lowest BCUT2D eigenvalue weighted by atomic mass is 10.1. The zero-order valence-corrected chi connectivity index (χ0v) is 14.6. The molecule has 2 aromatic carbocycles. The lowest BCUT2D eigenvalue weighted by Gasteiger charge is -2.11. The molecule has 0 bridgehead atoms. The fourth-order valence-corrected chi connectivity index (χ4v) is 2.92. The molecule has 3 N–H and O–H groups in total. The molecule has 0 atom stereocenters. The number of Topliss-reactive ketones (excluding diaryl/α,β-unsaturated/α-hetero) is 1. The second-order valence-electron chi connectivity index (χ2n) is 5.83. The highest BCUT2D eigenvalue weighted by molar-refractivity contribution is 6.31. The van der Waals surface area contributed by atoms with Gasteiger partial charge in [-0.1, -0.05) is 11.6 Å². The highest BCUT2D eigenvalue weighted by Gasteiger charge is 2.13. The van der Waals surface area contributed by atoms with Crippen LogP contribution in [0, 0.1) is 0 Å². The second kappa shape index (κ2) is 7.01. The smallest absolute Gasteiger partial charge is 0.341 e. The number of aromatic amines is 1. The van der Waals surface area contributed by atoms with Crippen molar-refractivity contribution < 1.29 is 14.7 Å². The van der Waals surface area contributed by atoms with Crippen LogP contribution in [0.15, 0.2) is 47.3 Å². The molecular formula is C19H15ClN2O4. The second-order valence-corrected chi connectivity index (χ2v) is 6.27. The fraction of sp³-hybridized carbons (Fsp3) is 0.105. The van der Waals surface area contributed by atoms with Crippen LogP contribution in [0.25, 0.3) is 10.9 Å². The zero-order valence-electron chi connectivity index (χ0n) is 13.8. The van der Waals surface area contributed by atoms with Crippen molar-refractivity contribution in [1.82, 2.24) is 4.98 Å². The molecule has 0 saturated carbocycles. The Balaban J connectivity index is 1.94. The number of hydrogen-bond donors (Lipinski definition) is 3. The van der Waals surface area contributed by atoms with Crippen molar-refractivity contribution in [2.24, 2.45) is 0 Å². The number of halogens is 1. The molecule has 3 aromatic rings. The molecule has 0 fully saturated rings. The summed E-state index contributed by atoms with van der Waals surface area (Å²) in [7, 11) is 0. The predicted molar refractivity (Wildman–Crippen MR) is 100 cm³/mol. The molecule has 0 aliphatic carbocycles. The quantitative estimate of drug-likeness (QED) is 0.595. The van der Waals surface area contributed by atoms with Crippen molar-refractivity contribution in [3.63, 3.8) is 0 Å². The number of benzene rings is 2. The van der Waals surface area contributed by atoms with Crippen molar-refractivity contribution in [1.29, 1.82) is 0 Å². The molecule has 0 amide bonds. The van der Waals surface area contributed by atoms with Crippen LogP contribution in [0.5, 0.6) is 0 Å². The van der Waals surface area contributed by atoms with E-state index in [-0.39, 0.29) is 11.3 Å². The number of aromatic carboxylic acids is 1. The SMILES string of the molecule is CC(=O)c1ccc(NCc2cc(Cl)cc3cc(C(=O)O)c(=O)[nH]c23)cc1. The summed E-state index contributed by atoms with van der Waals surface area (Å²) in [4.78, 5) is 37.0. The van der Waals surface area contributed by atoms with E-state index in [4.69, 9.17) is 16.7 Å². The van der Waals surface area contributed by atoms with Crippen molar-refractivity contribution in [3.8, 4) is 0 Å². The Kier molecular flexibility index (Phi) is 4.77. The number of carbonyl (C=O) groups excluding carboxylic acids is 1. The number of anilines is 1. The number of hydrogen-bond acceptors (Lipinski definition) is 4. The van der Waals surface area contributed by atoms with Crippen molar-refractivity contribution in [2.75, 3.05) is 5.32 Å². The van der Waals surface area contributed by atoms with E-state index in [1.807, 2.05) is 0 Å². The number of H-pyrrole nitrogens is 1. The van der Waals surface area contributed by atoms with Gasteiger partial charge >= 0.3 is 5.97 Å². The number of nitrogens with one attached hydrogen (secondary N) is 2. The number of carboxylic acid groups (broad SMARTS) is 1. The monoisotopic (exact) mass is 370 g/mol. The molecule has 26 heavy (non-hydrogen) atoms. The number of ketones is 1. The molecule has 0 unspecified atom stereocenters. The molecule has 1 heterocycles. The number of carbonyl (C=O) groups is 2. The number of fused-ring (bicyclic) bond motifs is 1. The minimum Gasteiger partial charge on any atom is -0.477 e. The van der Waals surface area contributed by atoms with Crippen LogP contribution < -0.4 is 10.9 Å². The Hall–Kier alpha value is -3.12. The Labute approximate surface area is 153 Å². The Morgan fingerprint density at radius 1 is 1.15 bits per heavy atom. The van der Waals surface area contributed by atoms with E-state index < -0.39 is 11.5 Å². The summed E-state index contributed by atoms with van der Waals surface area (Å²) in [6, 6.07) is 11.6. The van der Waals surface area contributed by atoms with Gasteiger partial charge in [-0.05, 0) is 55.0 Å². The van der Waals surface area contributed by atoms with E-state index in [2.05, 4.69) is 10.3 Å². The molecule has 3 rings (SSSR count). The van der Waals surface area contributed by atoms with E-state index in [1.165, 1.54) is 13.0 Å². The van der Waals surface area contributed by atoms with Crippen LogP contribution in [0.3, 0.4) is 0 Å². The Morgan fingerprint density at radius 2 is 1.85 bits per heavy atom. The van der Waals surface area contributed by atoms with Gasteiger partial charge in [-0.15, -0.1) is 0 Å². The standard InChI is InChI=1S/C19H15ClN2O4/c1-10(23)11-2-4-15(5-3-11)21-9-13-7-14(20)6-12-8-16(19(25)26)18(24)22-17(12)13/h2-8,21H,9H2,1H3,(H,22,24)(H,25,26). The van der Waals surface area contributed by atoms with Gasteiger partial charge in [0, 0.05) is 28.2 Å². The minimum absolute atomic E-state index is 0.0100. The highest BCUT2D eigenvalue weighted by atomic mass is 35.5. The average Bonchev–Trinajstić information content (AvgIpc) is 2.59. The van der Waals surface area contributed by atoms with Gasteiger partial charge in [-0.3, -0.25) is 9.59 Å². The van der Waals surface area contributed by atoms with Crippen LogP contribution >= 0.6 is 11.6 Å². The highest BCUT2D eigenvalue weighted by Crippen LogP contribution is 2.23. The van der Waals surface area contributed by atoms with Gasteiger partial charge in [0.2, 0.25) is 0 Å². The predicted octanol–water partition coefficient (Wildman–Crippen LogP) is 3.69. The summed E-state index contributed by atoms with van der Waals surface area (Å²) in [6.45, 7) is 1.86. The van der Waals surface area contributed by atoms with E-state index in [1.54, 1.807) is 36.4 Å². The van der Waals surface area contributed by atoms with Crippen LogP contribution in [-0.2, 0) is 6.54 Å². The van der Waals surface area contributed by atoms with Crippen LogP contribution in [-0.4, -0.2) is 21.8 Å². The van der Waals surface area contributed by atoms with Crippen molar-refractivity contribution in [2.45, 2.75) is 13.5 Å². The Bertz CT molecular complexity index is 1070. The maximum absolute atomic E-state index is 12.0. The molecule has 0 aliphatic heterocycles. The van der Waals surface area contributed by atoms with Gasteiger partial charge in [0.15, 0.2) is 5.78 Å². The van der Waals surface area contributed by atoms with E-state index in [0.29, 0.717) is 28.0 Å². The third kappa shape index (κ3) is 3.60. The molecule has 6 nitrogen and oxygen atoms in total. The van der Waals surface area contributed by atoms with Gasteiger partial charge in [0.1, 0.15) is 5.56 Å². The normalized spacial score (nSPS) is 10.7. The average molecular weight is 371 g/mol. The molecule has 0 radical (unpaired) electrons. The number of carboxylic acids is 1. The Morgan fingerprint density at radius 3 is 2.46 bits per heavy atom. The zero-order chi connectivity index (χ0) is 18.8. The van der Waals surface area contributed by atoms with E-state index in [0.717, 1.165) is 11.3 Å². The first kappa shape index (κ1) is 17.7. The van der Waals surface area contributed by atoms with Gasteiger partial charge in [0.25, 0.3) is 5.56 Å². The maximum Gasteiger partial charge on any atom is 0.341 e. The minimum atomic E-state index is -1.29. The largest absolute Gasteiger partial charge is 0.477 e. The molecule has 0 spiro atoms. The number of pyridine rings is 1. The van der Waals surface area contributed by atoms with Gasteiger partial charge < -0.3 is 15.4 Å². The van der Waals surface area contributed by atoms with E-state index in [9.17, 15) is 14.4 Å². The lowest BCUT2D eigenvalue weighted by Crippen LogP contribution is -2.17. The van der Waals surface area contributed by atoms with Crippen LogP contribution in [0.4, 0.5) is 5.69 Å². The summed E-state index contributed by atoms with van der Waals surface area (Å²) >= 11 is 6.13. The third-order valence-electron chi connectivity index (χ3n) is 4.00. The van der Waals surface area contributed by atoms with Crippen molar-refractivity contribution >= 4 is 39.9 Å². The first-order valence-electron chi connectivity index (χ1n) is 7.79. The molecule has 7 heteroatoms. The maximum atomic E-state index is 12.0. The molecule has 1 aromatic heterocycles. The van der Waals surface area contributed by atoms with Gasteiger partial charge in [-0.2, -0.15) is 0 Å². The summed E-state index contributed by atoms with van der Waals surface area (Å²) in [6.07, 6.45) is 0. The van der Waals surface area contributed by atoms with Crippen molar-refractivity contribution in [3.05, 3.63) is 74.5 Å². The van der Waals surface area contributed by atoms with Crippen LogP contribution in [0.2, 0.25) is 5.02 Å². The molecule has 0 aliphatic rings. The third-order valence-corrected chi connectivity index (χ3v) is 4.22. The summed E-state index contributed by atoms with van der Waals surface area (Å²) in [5, 5.41) is 13.3. The summed E-state index contributed by atoms with van der Waals surface area (Å²) in [5.74, 6) is -1.30. The first-order chi connectivity index (χ1) is 12.3. The van der Waals surface area contributed by atoms with Crippen LogP contribution in [0.1, 0.15) is 33.2 Å². The summed E-state index contributed by atoms with van der Waals surface area (Å²) in [5.41, 5.74) is 1.66.